The van der Waals surface area contributed by atoms with Gasteiger partial charge in [-0.25, -0.2) is 14.6 Å². The predicted molar refractivity (Wildman–Crippen MR) is 94.2 cm³/mol. The lowest BCUT2D eigenvalue weighted by molar-refractivity contribution is -0.147. The van der Waals surface area contributed by atoms with Gasteiger partial charge >= 0.3 is 12.1 Å². The smallest absolute Gasteiger partial charge is 0.408 e. The van der Waals surface area contributed by atoms with Crippen molar-refractivity contribution in [2.24, 2.45) is 0 Å². The Bertz CT molecular complexity index is 628. The maximum absolute atomic E-state index is 12.1. The zero-order valence-corrected chi connectivity index (χ0v) is 16.5. The van der Waals surface area contributed by atoms with Gasteiger partial charge in [0, 0.05) is 5.56 Å². The van der Waals surface area contributed by atoms with Crippen LogP contribution in [0, 0.1) is 0 Å². The molecule has 11 heteroatoms. The van der Waals surface area contributed by atoms with Gasteiger partial charge in [0.05, 0.1) is 5.02 Å². The predicted octanol–water partition coefficient (Wildman–Crippen LogP) is 3.71. The van der Waals surface area contributed by atoms with Gasteiger partial charge < -0.3 is 19.9 Å². The molecule has 0 aliphatic carbocycles. The number of alkyl carbamates (subject to hydrolysis) is 1. The number of hydrogen-bond donors (Lipinski definition) is 2. The number of pyridine rings is 1. The molecule has 0 fully saturated rings. The van der Waals surface area contributed by atoms with Crippen LogP contribution in [0.15, 0.2) is 6.07 Å². The molecule has 7 nitrogen and oxygen atoms in total. The molecule has 1 amide bonds. The average molecular weight is 434 g/mol. The van der Waals surface area contributed by atoms with Gasteiger partial charge in [0.25, 0.3) is 0 Å². The van der Waals surface area contributed by atoms with E-state index in [0.717, 1.165) is 0 Å². The number of rotatable bonds is 5. The number of aliphatic hydroxyl groups excluding tert-OH is 1. The van der Waals surface area contributed by atoms with E-state index in [4.69, 9.17) is 51.1 Å². The molecule has 0 aromatic carbocycles. The normalized spacial score (nSPS) is 13.8. The maximum atomic E-state index is 12.1. The first-order chi connectivity index (χ1) is 11.5. The molecule has 2 N–H and O–H groups in total. The first-order valence-electron chi connectivity index (χ1n) is 6.88. The van der Waals surface area contributed by atoms with E-state index in [1.165, 1.54) is 6.07 Å². The Morgan fingerprint density at radius 1 is 1.32 bits per heavy atom. The number of amides is 1. The van der Waals surface area contributed by atoms with E-state index in [0.29, 0.717) is 0 Å². The van der Waals surface area contributed by atoms with Crippen LogP contribution in [0.4, 0.5) is 4.79 Å². The second kappa shape index (κ2) is 9.09. The van der Waals surface area contributed by atoms with E-state index in [1.54, 1.807) is 20.8 Å². The average Bonchev–Trinajstić information content (AvgIpc) is 2.41. The standard InChI is InChI=1S/C14H16Cl4N2O5/c1-14(2,3)25-13(23)20-9(12(22)24-5-15)10(21)8-6(16)4-7(17)19-11(8)18/h4,9-10,21H,5H2,1-3H3,(H,20,23). The highest BCUT2D eigenvalue weighted by Gasteiger charge is 2.35. The van der Waals surface area contributed by atoms with Crippen LogP contribution in [0.2, 0.25) is 15.3 Å². The lowest BCUT2D eigenvalue weighted by Crippen LogP contribution is -2.47. The van der Waals surface area contributed by atoms with Gasteiger partial charge in [0.2, 0.25) is 0 Å². The molecule has 0 saturated heterocycles. The molecule has 0 aliphatic heterocycles. The van der Waals surface area contributed by atoms with Crippen molar-refractivity contribution >= 4 is 58.5 Å². The molecule has 0 spiro atoms. The van der Waals surface area contributed by atoms with Crippen molar-refractivity contribution in [3.8, 4) is 0 Å². The molecule has 25 heavy (non-hydrogen) atoms. The van der Waals surface area contributed by atoms with Crippen molar-refractivity contribution in [1.82, 2.24) is 10.3 Å². The fraction of sp³-hybridized carbons (Fsp3) is 0.500. The summed E-state index contributed by atoms with van der Waals surface area (Å²) in [6, 6.07) is -0.852. The van der Waals surface area contributed by atoms with Crippen LogP contribution < -0.4 is 5.32 Å². The van der Waals surface area contributed by atoms with Gasteiger partial charge in [-0.15, -0.1) is 0 Å². The number of nitrogens with one attached hydrogen (secondary N) is 1. The van der Waals surface area contributed by atoms with Crippen LogP contribution >= 0.6 is 46.4 Å². The van der Waals surface area contributed by atoms with Crippen molar-refractivity contribution in [3.63, 3.8) is 0 Å². The second-order valence-corrected chi connectivity index (χ2v) is 7.14. The third kappa shape index (κ3) is 6.67. The largest absolute Gasteiger partial charge is 0.448 e. The Labute approximate surface area is 164 Å². The van der Waals surface area contributed by atoms with Crippen LogP contribution in [0.5, 0.6) is 0 Å². The van der Waals surface area contributed by atoms with E-state index < -0.39 is 35.9 Å². The number of alkyl halides is 1. The van der Waals surface area contributed by atoms with Crippen LogP contribution in [-0.4, -0.2) is 39.9 Å². The van der Waals surface area contributed by atoms with Crippen LogP contribution in [0.3, 0.4) is 0 Å². The first-order valence-corrected chi connectivity index (χ1v) is 8.54. The number of carbonyl (C=O) groups is 2. The molecular formula is C14H16Cl4N2O5. The minimum Gasteiger partial charge on any atom is -0.448 e. The highest BCUT2D eigenvalue weighted by atomic mass is 35.5. The summed E-state index contributed by atoms with van der Waals surface area (Å²) >= 11 is 23.0. The maximum Gasteiger partial charge on any atom is 0.408 e. The molecule has 0 radical (unpaired) electrons. The quantitative estimate of drug-likeness (QED) is 0.417. The van der Waals surface area contributed by atoms with E-state index in [2.05, 4.69) is 15.0 Å². The van der Waals surface area contributed by atoms with Crippen molar-refractivity contribution in [3.05, 3.63) is 27.0 Å². The van der Waals surface area contributed by atoms with Crippen molar-refractivity contribution in [2.45, 2.75) is 38.5 Å². The summed E-state index contributed by atoms with van der Waals surface area (Å²) < 4.78 is 9.70. The third-order valence-corrected chi connectivity index (χ3v) is 3.57. The number of aliphatic hydroxyl groups is 1. The highest BCUT2D eigenvalue weighted by Crippen LogP contribution is 2.33. The summed E-state index contributed by atoms with van der Waals surface area (Å²) in [5.41, 5.74) is -0.937. The summed E-state index contributed by atoms with van der Waals surface area (Å²) in [4.78, 5) is 27.8. The minimum absolute atomic E-state index is 0.00839. The van der Waals surface area contributed by atoms with Crippen molar-refractivity contribution < 1.29 is 24.2 Å². The van der Waals surface area contributed by atoms with Crippen LogP contribution in [-0.2, 0) is 14.3 Å². The molecule has 1 aromatic rings. The lowest BCUT2D eigenvalue weighted by Gasteiger charge is -2.26. The van der Waals surface area contributed by atoms with Gasteiger partial charge in [-0.1, -0.05) is 46.4 Å². The van der Waals surface area contributed by atoms with E-state index >= 15 is 0 Å². The molecule has 2 unspecified atom stereocenters. The minimum atomic E-state index is -1.69. The summed E-state index contributed by atoms with van der Waals surface area (Å²) in [7, 11) is 0. The third-order valence-electron chi connectivity index (χ3n) is 2.66. The molecule has 2 atom stereocenters. The number of nitrogens with zero attached hydrogens (tertiary/aromatic N) is 1. The SMILES string of the molecule is CC(C)(C)OC(=O)NC(C(=O)OCCl)C(O)c1c(Cl)cc(Cl)nc1Cl. The number of halogens is 4. The number of ether oxygens (including phenoxy) is 2. The van der Waals surface area contributed by atoms with Crippen molar-refractivity contribution in [1.29, 1.82) is 0 Å². The monoisotopic (exact) mass is 432 g/mol. The van der Waals surface area contributed by atoms with E-state index in [-0.39, 0.29) is 20.9 Å². The Kier molecular flexibility index (Phi) is 8.02. The van der Waals surface area contributed by atoms with Gasteiger partial charge in [-0.2, -0.15) is 0 Å². The van der Waals surface area contributed by atoms with Gasteiger partial charge in [0.1, 0.15) is 22.0 Å². The number of hydrogen-bond acceptors (Lipinski definition) is 6. The molecule has 1 heterocycles. The van der Waals surface area contributed by atoms with E-state index in [9.17, 15) is 14.7 Å². The second-order valence-electron chi connectivity index (χ2n) is 5.77. The Hall–Kier alpha value is -0.990. The van der Waals surface area contributed by atoms with Gasteiger partial charge in [-0.3, -0.25) is 0 Å². The molecular weight excluding hydrogens is 418 g/mol. The number of esters is 1. The highest BCUT2D eigenvalue weighted by molar-refractivity contribution is 6.37. The Morgan fingerprint density at radius 2 is 1.92 bits per heavy atom. The zero-order valence-electron chi connectivity index (χ0n) is 13.5. The molecule has 1 aromatic heterocycles. The molecule has 0 bridgehead atoms. The number of carbonyl (C=O) groups excluding carboxylic acids is 2. The van der Waals surface area contributed by atoms with Gasteiger partial charge in [-0.05, 0) is 26.8 Å². The summed E-state index contributed by atoms with van der Waals surface area (Å²) in [6.07, 6.45) is -2.65. The summed E-state index contributed by atoms with van der Waals surface area (Å²) in [6.45, 7) is 4.89. The van der Waals surface area contributed by atoms with Crippen molar-refractivity contribution in [2.75, 3.05) is 6.07 Å². The fourth-order valence-corrected chi connectivity index (χ4v) is 2.80. The van der Waals surface area contributed by atoms with Crippen LogP contribution in [0.1, 0.15) is 32.4 Å². The van der Waals surface area contributed by atoms with E-state index in [1.807, 2.05) is 0 Å². The molecule has 1 rings (SSSR count). The molecule has 0 aliphatic rings. The fourth-order valence-electron chi connectivity index (χ4n) is 1.74. The lowest BCUT2D eigenvalue weighted by atomic mass is 10.0. The Morgan fingerprint density at radius 3 is 2.40 bits per heavy atom. The van der Waals surface area contributed by atoms with Crippen LogP contribution in [0.25, 0.3) is 0 Å². The number of aromatic nitrogens is 1. The Balaban J connectivity index is 3.15. The molecule has 140 valence electrons. The zero-order chi connectivity index (χ0) is 19.4. The first kappa shape index (κ1) is 22.1. The summed E-state index contributed by atoms with van der Waals surface area (Å²) in [5, 5.41) is 12.4. The topological polar surface area (TPSA) is 97.8 Å². The summed E-state index contributed by atoms with van der Waals surface area (Å²) in [5.74, 6) is -1.02. The molecule has 0 saturated carbocycles. The van der Waals surface area contributed by atoms with Gasteiger partial charge in [0.15, 0.2) is 12.1 Å².